The molecule has 0 saturated carbocycles. The van der Waals surface area contributed by atoms with E-state index in [4.69, 9.17) is 5.73 Å². The third-order valence-electron chi connectivity index (χ3n) is 4.56. The highest BCUT2D eigenvalue weighted by Crippen LogP contribution is 2.29. The first-order chi connectivity index (χ1) is 10.3. The monoisotopic (exact) mass is 280 g/mol. The summed E-state index contributed by atoms with van der Waals surface area (Å²) in [5.74, 6) is 0.620. The van der Waals surface area contributed by atoms with Crippen LogP contribution in [-0.4, -0.2) is 24.2 Å². The fourth-order valence-electron chi connectivity index (χ4n) is 3.27. The Balaban J connectivity index is 1.54. The molecule has 0 aliphatic carbocycles. The molecule has 2 aromatic rings. The van der Waals surface area contributed by atoms with E-state index in [1.165, 1.54) is 17.5 Å². The molecule has 0 radical (unpaired) electrons. The molecule has 3 rings (SSSR count). The van der Waals surface area contributed by atoms with Crippen LogP contribution in [0.1, 0.15) is 29.9 Å². The highest BCUT2D eigenvalue weighted by atomic mass is 15.2. The Labute approximate surface area is 127 Å². The summed E-state index contributed by atoms with van der Waals surface area (Å²) in [6.45, 7) is 2.17. The molecule has 0 aromatic heterocycles. The van der Waals surface area contributed by atoms with Crippen molar-refractivity contribution < 1.29 is 0 Å². The van der Waals surface area contributed by atoms with Crippen LogP contribution >= 0.6 is 0 Å². The van der Waals surface area contributed by atoms with Gasteiger partial charge in [0.05, 0.1) is 6.17 Å². The number of piperidine rings is 1. The lowest BCUT2D eigenvalue weighted by Gasteiger charge is -2.37. The number of likely N-dealkylation sites (tertiary alicyclic amines) is 1. The van der Waals surface area contributed by atoms with Gasteiger partial charge in [0.1, 0.15) is 0 Å². The zero-order chi connectivity index (χ0) is 14.5. The van der Waals surface area contributed by atoms with E-state index in [1.54, 1.807) is 0 Å². The Hall–Kier alpha value is -1.64. The fraction of sp³-hybridized carbons (Fsp3) is 0.368. The maximum atomic E-state index is 6.40. The van der Waals surface area contributed by atoms with Gasteiger partial charge in [0.25, 0.3) is 0 Å². The molecule has 21 heavy (non-hydrogen) atoms. The first-order valence-electron chi connectivity index (χ1n) is 7.91. The summed E-state index contributed by atoms with van der Waals surface area (Å²) < 4.78 is 0. The summed E-state index contributed by atoms with van der Waals surface area (Å²) in [5.41, 5.74) is 9.24. The lowest BCUT2D eigenvalue weighted by atomic mass is 9.88. The first kappa shape index (κ1) is 14.3. The molecule has 2 atom stereocenters. The standard InChI is InChI=1S/C19H24N2/c20-19-15-18(17-9-5-2-6-10-17)12-14-21(19)13-11-16-7-3-1-4-8-16/h1-10,18-19H,11-15,20H2. The van der Waals surface area contributed by atoms with E-state index >= 15 is 0 Å². The lowest BCUT2D eigenvalue weighted by molar-refractivity contribution is 0.140. The van der Waals surface area contributed by atoms with Crippen molar-refractivity contribution in [1.82, 2.24) is 4.90 Å². The SMILES string of the molecule is NC1CC(c2ccccc2)CCN1CCc1ccccc1. The van der Waals surface area contributed by atoms with Crippen molar-refractivity contribution in [3.05, 3.63) is 71.8 Å². The molecule has 1 saturated heterocycles. The average Bonchev–Trinajstić information content (AvgIpc) is 2.55. The van der Waals surface area contributed by atoms with E-state index < -0.39 is 0 Å². The minimum absolute atomic E-state index is 0.188. The zero-order valence-electron chi connectivity index (χ0n) is 12.5. The third-order valence-corrected chi connectivity index (χ3v) is 4.56. The second-order valence-corrected chi connectivity index (χ2v) is 5.97. The zero-order valence-corrected chi connectivity index (χ0v) is 12.5. The molecule has 2 aromatic carbocycles. The van der Waals surface area contributed by atoms with Crippen LogP contribution < -0.4 is 5.73 Å². The molecular formula is C19H24N2. The molecule has 2 heteroatoms. The number of nitrogens with zero attached hydrogens (tertiary/aromatic N) is 1. The van der Waals surface area contributed by atoms with E-state index in [-0.39, 0.29) is 6.17 Å². The van der Waals surface area contributed by atoms with Gasteiger partial charge in [-0.1, -0.05) is 60.7 Å². The molecule has 0 amide bonds. The predicted octanol–water partition coefficient (Wildman–Crippen LogP) is 3.39. The van der Waals surface area contributed by atoms with Crippen LogP contribution in [0.3, 0.4) is 0 Å². The van der Waals surface area contributed by atoms with Crippen LogP contribution in [0.4, 0.5) is 0 Å². The molecule has 2 N–H and O–H groups in total. The number of benzene rings is 2. The normalized spacial score (nSPS) is 23.1. The van der Waals surface area contributed by atoms with Crippen LogP contribution in [0, 0.1) is 0 Å². The minimum Gasteiger partial charge on any atom is -0.316 e. The van der Waals surface area contributed by atoms with Crippen molar-refractivity contribution in [3.63, 3.8) is 0 Å². The van der Waals surface area contributed by atoms with Crippen molar-refractivity contribution >= 4 is 0 Å². The summed E-state index contributed by atoms with van der Waals surface area (Å²) in [6.07, 6.45) is 3.56. The van der Waals surface area contributed by atoms with Crippen LogP contribution in [0.2, 0.25) is 0 Å². The summed E-state index contributed by atoms with van der Waals surface area (Å²) in [7, 11) is 0. The maximum Gasteiger partial charge on any atom is 0.0577 e. The Morgan fingerprint density at radius 1 is 0.952 bits per heavy atom. The number of nitrogens with two attached hydrogens (primary N) is 1. The van der Waals surface area contributed by atoms with Crippen molar-refractivity contribution in [3.8, 4) is 0 Å². The van der Waals surface area contributed by atoms with Gasteiger partial charge in [0.2, 0.25) is 0 Å². The maximum absolute atomic E-state index is 6.40. The van der Waals surface area contributed by atoms with Crippen molar-refractivity contribution in [2.75, 3.05) is 13.1 Å². The van der Waals surface area contributed by atoms with Crippen LogP contribution in [0.5, 0.6) is 0 Å². The first-order valence-corrected chi connectivity index (χ1v) is 7.91. The van der Waals surface area contributed by atoms with E-state index in [2.05, 4.69) is 65.6 Å². The fourth-order valence-corrected chi connectivity index (χ4v) is 3.27. The molecule has 1 fully saturated rings. The Morgan fingerprint density at radius 3 is 2.29 bits per heavy atom. The molecule has 1 heterocycles. The summed E-state index contributed by atoms with van der Waals surface area (Å²) in [4.78, 5) is 2.44. The van der Waals surface area contributed by atoms with Gasteiger partial charge in [-0.05, 0) is 36.3 Å². The highest BCUT2D eigenvalue weighted by molar-refractivity contribution is 5.20. The quantitative estimate of drug-likeness (QED) is 0.930. The molecule has 1 aliphatic rings. The van der Waals surface area contributed by atoms with Gasteiger partial charge in [-0.3, -0.25) is 4.90 Å². The second-order valence-electron chi connectivity index (χ2n) is 5.97. The molecule has 0 bridgehead atoms. The van der Waals surface area contributed by atoms with E-state index in [9.17, 15) is 0 Å². The van der Waals surface area contributed by atoms with Gasteiger partial charge < -0.3 is 5.73 Å². The Kier molecular flexibility index (Phi) is 4.69. The van der Waals surface area contributed by atoms with Gasteiger partial charge in [0.15, 0.2) is 0 Å². The van der Waals surface area contributed by atoms with Crippen molar-refractivity contribution in [1.29, 1.82) is 0 Å². The topological polar surface area (TPSA) is 29.3 Å². The number of rotatable bonds is 4. The van der Waals surface area contributed by atoms with Gasteiger partial charge >= 0.3 is 0 Å². The van der Waals surface area contributed by atoms with Gasteiger partial charge in [-0.25, -0.2) is 0 Å². The van der Waals surface area contributed by atoms with Crippen LogP contribution in [0.25, 0.3) is 0 Å². The van der Waals surface area contributed by atoms with Gasteiger partial charge in [-0.15, -0.1) is 0 Å². The van der Waals surface area contributed by atoms with Crippen molar-refractivity contribution in [2.24, 2.45) is 5.73 Å². The third kappa shape index (κ3) is 3.72. The number of hydrogen-bond acceptors (Lipinski definition) is 2. The molecule has 110 valence electrons. The molecule has 0 spiro atoms. The number of hydrogen-bond donors (Lipinski definition) is 1. The summed E-state index contributed by atoms with van der Waals surface area (Å²) >= 11 is 0. The molecule has 2 unspecified atom stereocenters. The van der Waals surface area contributed by atoms with Crippen molar-refractivity contribution in [2.45, 2.75) is 31.3 Å². The van der Waals surface area contributed by atoms with E-state index in [1.807, 2.05) is 0 Å². The molecular weight excluding hydrogens is 256 g/mol. The summed E-state index contributed by atoms with van der Waals surface area (Å²) in [5, 5.41) is 0. The largest absolute Gasteiger partial charge is 0.316 e. The molecule has 2 nitrogen and oxygen atoms in total. The van der Waals surface area contributed by atoms with Gasteiger partial charge in [-0.2, -0.15) is 0 Å². The Morgan fingerprint density at radius 2 is 1.62 bits per heavy atom. The van der Waals surface area contributed by atoms with Gasteiger partial charge in [0, 0.05) is 13.1 Å². The lowest BCUT2D eigenvalue weighted by Crippen LogP contribution is -2.48. The second kappa shape index (κ2) is 6.88. The van der Waals surface area contributed by atoms with E-state index in [0.717, 1.165) is 25.9 Å². The van der Waals surface area contributed by atoms with E-state index in [0.29, 0.717) is 5.92 Å². The van der Waals surface area contributed by atoms with Crippen LogP contribution in [0.15, 0.2) is 60.7 Å². The average molecular weight is 280 g/mol. The minimum atomic E-state index is 0.188. The highest BCUT2D eigenvalue weighted by Gasteiger charge is 2.26. The smallest absolute Gasteiger partial charge is 0.0577 e. The Bertz CT molecular complexity index is 538. The van der Waals surface area contributed by atoms with Crippen LogP contribution in [-0.2, 0) is 6.42 Å². The summed E-state index contributed by atoms with van der Waals surface area (Å²) in [6, 6.07) is 21.5. The molecule has 1 aliphatic heterocycles. The predicted molar refractivity (Wildman–Crippen MR) is 88.1 cm³/mol.